The zero-order valence-electron chi connectivity index (χ0n) is 14.9. The highest BCUT2D eigenvalue weighted by molar-refractivity contribution is 5.54. The summed E-state index contributed by atoms with van der Waals surface area (Å²) in [5.41, 5.74) is 5.48. The predicted octanol–water partition coefficient (Wildman–Crippen LogP) is 4.88. The Labute approximate surface area is 136 Å². The molecule has 0 aromatic rings. The van der Waals surface area contributed by atoms with Crippen LogP contribution in [0.2, 0.25) is 0 Å². The van der Waals surface area contributed by atoms with E-state index in [1.54, 1.807) is 0 Å². The van der Waals surface area contributed by atoms with E-state index in [9.17, 15) is 0 Å². The molecule has 0 saturated carbocycles. The molecule has 0 aliphatic carbocycles. The molecular formula is C20H31NO. The summed E-state index contributed by atoms with van der Waals surface area (Å²) in [5, 5.41) is 0. The third-order valence-electron chi connectivity index (χ3n) is 3.87. The van der Waals surface area contributed by atoms with Gasteiger partial charge in [0.2, 0.25) is 0 Å². The number of nitrogens with zero attached hydrogens (tertiary/aromatic N) is 1. The fourth-order valence-corrected chi connectivity index (χ4v) is 2.98. The average molecular weight is 301 g/mol. The van der Waals surface area contributed by atoms with Crippen LogP contribution in [0.3, 0.4) is 0 Å². The number of hydrogen-bond donors (Lipinski definition) is 0. The van der Waals surface area contributed by atoms with E-state index in [0.717, 1.165) is 19.6 Å². The first-order chi connectivity index (χ1) is 10.5. The lowest BCUT2D eigenvalue weighted by Gasteiger charge is -2.32. The molecule has 0 radical (unpaired) electrons. The molecule has 2 heteroatoms. The molecule has 2 nitrogen and oxygen atoms in total. The van der Waals surface area contributed by atoms with Crippen LogP contribution in [-0.2, 0) is 4.74 Å². The van der Waals surface area contributed by atoms with Gasteiger partial charge in [-0.1, -0.05) is 43.4 Å². The van der Waals surface area contributed by atoms with Crippen molar-refractivity contribution in [2.45, 2.75) is 34.6 Å². The highest BCUT2D eigenvalue weighted by Crippen LogP contribution is 2.28. The van der Waals surface area contributed by atoms with Gasteiger partial charge in [0.1, 0.15) is 0 Å². The van der Waals surface area contributed by atoms with Crippen LogP contribution in [0.5, 0.6) is 0 Å². The topological polar surface area (TPSA) is 12.5 Å². The fourth-order valence-electron chi connectivity index (χ4n) is 2.98. The molecule has 1 unspecified atom stereocenters. The molecule has 1 aliphatic rings. The van der Waals surface area contributed by atoms with Gasteiger partial charge in [-0.05, 0) is 50.3 Å². The van der Waals surface area contributed by atoms with Gasteiger partial charge in [-0.3, -0.25) is 4.90 Å². The molecule has 0 spiro atoms. The van der Waals surface area contributed by atoms with Gasteiger partial charge in [0.05, 0.1) is 12.9 Å². The average Bonchev–Trinajstić information content (AvgIpc) is 2.47. The summed E-state index contributed by atoms with van der Waals surface area (Å²) >= 11 is 0. The van der Waals surface area contributed by atoms with Crippen molar-refractivity contribution in [2.24, 2.45) is 5.92 Å². The first kappa shape index (κ1) is 18.5. The van der Waals surface area contributed by atoms with Crippen molar-refractivity contribution in [3.63, 3.8) is 0 Å². The Morgan fingerprint density at radius 2 is 2.14 bits per heavy atom. The summed E-state index contributed by atoms with van der Waals surface area (Å²) in [6, 6.07) is 0. The minimum absolute atomic E-state index is 0.562. The summed E-state index contributed by atoms with van der Waals surface area (Å²) in [6.45, 7) is 18.2. The second kappa shape index (κ2) is 9.47. The van der Waals surface area contributed by atoms with Gasteiger partial charge in [0.25, 0.3) is 0 Å². The Bertz CT molecular complexity index is 490. The standard InChI is InChI=1S/C20H31NO/c1-7-10-20(16(4)5)19(8-2)18-13-17(6)14-21(15-18)11-12-22-9-3/h7-10,13,17H,3,11-12,14-15H2,1-2,4-6H3/b10-7-,19-8-. The van der Waals surface area contributed by atoms with Crippen LogP contribution in [0, 0.1) is 5.92 Å². The highest BCUT2D eigenvalue weighted by Gasteiger charge is 2.20. The molecule has 0 bridgehead atoms. The zero-order chi connectivity index (χ0) is 16.5. The van der Waals surface area contributed by atoms with Gasteiger partial charge in [-0.2, -0.15) is 0 Å². The minimum atomic E-state index is 0.562. The predicted molar refractivity (Wildman–Crippen MR) is 96.8 cm³/mol. The molecule has 1 atom stereocenters. The van der Waals surface area contributed by atoms with E-state index >= 15 is 0 Å². The maximum absolute atomic E-state index is 5.29. The van der Waals surface area contributed by atoms with Gasteiger partial charge in [-0.15, -0.1) is 0 Å². The number of rotatable bonds is 7. The third kappa shape index (κ3) is 5.34. The molecular weight excluding hydrogens is 270 g/mol. The maximum atomic E-state index is 5.29. The molecule has 1 heterocycles. The van der Waals surface area contributed by atoms with E-state index in [1.807, 2.05) is 0 Å². The Hall–Kier alpha value is -1.54. The van der Waals surface area contributed by atoms with Crippen molar-refractivity contribution in [1.29, 1.82) is 0 Å². The third-order valence-corrected chi connectivity index (χ3v) is 3.87. The van der Waals surface area contributed by atoms with E-state index in [0.29, 0.717) is 12.5 Å². The Morgan fingerprint density at radius 3 is 2.68 bits per heavy atom. The summed E-state index contributed by atoms with van der Waals surface area (Å²) in [7, 11) is 0. The van der Waals surface area contributed by atoms with Crippen molar-refractivity contribution >= 4 is 0 Å². The number of hydrogen-bond acceptors (Lipinski definition) is 2. The molecule has 0 N–H and O–H groups in total. The van der Waals surface area contributed by atoms with Crippen molar-refractivity contribution in [3.05, 3.63) is 59.4 Å². The van der Waals surface area contributed by atoms with Crippen LogP contribution in [-0.4, -0.2) is 31.1 Å². The van der Waals surface area contributed by atoms with Crippen LogP contribution in [0.4, 0.5) is 0 Å². The molecule has 1 rings (SSSR count). The second-order valence-corrected chi connectivity index (χ2v) is 6.06. The van der Waals surface area contributed by atoms with Gasteiger partial charge in [0, 0.05) is 19.6 Å². The number of allylic oxidation sites excluding steroid dienone is 5. The van der Waals surface area contributed by atoms with E-state index in [-0.39, 0.29) is 0 Å². The lowest BCUT2D eigenvalue weighted by molar-refractivity contribution is 0.173. The minimum Gasteiger partial charge on any atom is -0.500 e. The highest BCUT2D eigenvalue weighted by atomic mass is 16.5. The lowest BCUT2D eigenvalue weighted by atomic mass is 9.89. The van der Waals surface area contributed by atoms with Gasteiger partial charge in [-0.25, -0.2) is 0 Å². The Morgan fingerprint density at radius 1 is 1.41 bits per heavy atom. The quantitative estimate of drug-likeness (QED) is 0.377. The molecule has 0 aromatic heterocycles. The molecule has 0 amide bonds. The van der Waals surface area contributed by atoms with Crippen LogP contribution >= 0.6 is 0 Å². The Balaban J connectivity index is 2.96. The van der Waals surface area contributed by atoms with Gasteiger partial charge >= 0.3 is 0 Å². The fraction of sp³-hybridized carbons (Fsp3) is 0.500. The van der Waals surface area contributed by atoms with Crippen LogP contribution in [0.25, 0.3) is 0 Å². The van der Waals surface area contributed by atoms with Crippen LogP contribution in [0.15, 0.2) is 59.4 Å². The van der Waals surface area contributed by atoms with E-state index < -0.39 is 0 Å². The van der Waals surface area contributed by atoms with Crippen LogP contribution < -0.4 is 0 Å². The largest absolute Gasteiger partial charge is 0.500 e. The SMILES string of the molecule is C=COCCN1CC(/C(=C/C)C(/C=C\C)=C(C)C)=CC(C)C1. The van der Waals surface area contributed by atoms with E-state index in [1.165, 1.54) is 28.6 Å². The van der Waals surface area contributed by atoms with Crippen molar-refractivity contribution < 1.29 is 4.74 Å². The first-order valence-electron chi connectivity index (χ1n) is 8.16. The second-order valence-electron chi connectivity index (χ2n) is 6.06. The van der Waals surface area contributed by atoms with Crippen LogP contribution in [0.1, 0.15) is 34.6 Å². The van der Waals surface area contributed by atoms with Gasteiger partial charge in [0.15, 0.2) is 0 Å². The monoisotopic (exact) mass is 301 g/mol. The summed E-state index contributed by atoms with van der Waals surface area (Å²) in [6.07, 6.45) is 10.5. The lowest BCUT2D eigenvalue weighted by Crippen LogP contribution is -2.36. The zero-order valence-corrected chi connectivity index (χ0v) is 14.9. The first-order valence-corrected chi connectivity index (χ1v) is 8.16. The van der Waals surface area contributed by atoms with Crippen molar-refractivity contribution in [3.8, 4) is 0 Å². The van der Waals surface area contributed by atoms with E-state index in [2.05, 4.69) is 70.4 Å². The summed E-state index contributed by atoms with van der Waals surface area (Å²) in [4.78, 5) is 2.46. The molecule has 122 valence electrons. The summed E-state index contributed by atoms with van der Waals surface area (Å²) < 4.78 is 5.29. The maximum Gasteiger partial charge on any atom is 0.0999 e. The molecule has 0 saturated heterocycles. The molecule has 0 fully saturated rings. The smallest absolute Gasteiger partial charge is 0.0999 e. The number of ether oxygens (including phenoxy) is 1. The molecule has 1 aliphatic heterocycles. The summed E-state index contributed by atoms with van der Waals surface area (Å²) in [5.74, 6) is 0.562. The van der Waals surface area contributed by atoms with Gasteiger partial charge < -0.3 is 4.74 Å². The molecule has 0 aromatic carbocycles. The molecule has 22 heavy (non-hydrogen) atoms. The normalized spacial score (nSPS) is 20.0. The Kier molecular flexibility index (Phi) is 7.97. The van der Waals surface area contributed by atoms with Crippen molar-refractivity contribution in [1.82, 2.24) is 4.90 Å². The van der Waals surface area contributed by atoms with E-state index in [4.69, 9.17) is 4.74 Å². The van der Waals surface area contributed by atoms with Crippen molar-refractivity contribution in [2.75, 3.05) is 26.2 Å².